The van der Waals surface area contributed by atoms with Gasteiger partial charge in [0.2, 0.25) is 0 Å². The molecule has 3 heterocycles. The average molecular weight is 268 g/mol. The summed E-state index contributed by atoms with van der Waals surface area (Å²) >= 11 is 0. The summed E-state index contributed by atoms with van der Waals surface area (Å²) in [5.74, 6) is 1.60. The lowest BCUT2D eigenvalue weighted by Crippen LogP contribution is -2.31. The summed E-state index contributed by atoms with van der Waals surface area (Å²) in [4.78, 5) is 13.7. The zero-order valence-corrected chi connectivity index (χ0v) is 11.8. The molecule has 2 aromatic rings. The van der Waals surface area contributed by atoms with E-state index in [-0.39, 0.29) is 0 Å². The Morgan fingerprint density at radius 2 is 2.20 bits per heavy atom. The molecular formula is C16H20N4. The van der Waals surface area contributed by atoms with Crippen molar-refractivity contribution in [1.82, 2.24) is 20.3 Å². The van der Waals surface area contributed by atoms with Gasteiger partial charge in [-0.3, -0.25) is 4.98 Å². The van der Waals surface area contributed by atoms with Crippen molar-refractivity contribution in [3.63, 3.8) is 0 Å². The number of pyridine rings is 1. The number of hydrogen-bond acceptors (Lipinski definition) is 4. The van der Waals surface area contributed by atoms with Gasteiger partial charge in [-0.2, -0.15) is 0 Å². The molecule has 20 heavy (non-hydrogen) atoms. The van der Waals surface area contributed by atoms with Gasteiger partial charge in [0.25, 0.3) is 0 Å². The first kappa shape index (κ1) is 13.2. The number of nitrogens with zero attached hydrogens (tertiary/aromatic N) is 3. The first-order valence-electron chi connectivity index (χ1n) is 7.28. The molecule has 0 spiro atoms. The highest BCUT2D eigenvalue weighted by Crippen LogP contribution is 2.18. The lowest BCUT2D eigenvalue weighted by atomic mass is 9.96. The Morgan fingerprint density at radius 1 is 1.25 bits per heavy atom. The number of hydrogen-bond donors (Lipinski definition) is 1. The Labute approximate surface area is 119 Å². The van der Waals surface area contributed by atoms with Crippen molar-refractivity contribution in [2.75, 3.05) is 13.1 Å². The van der Waals surface area contributed by atoms with Crippen molar-refractivity contribution in [3.05, 3.63) is 42.0 Å². The minimum Gasteiger partial charge on any atom is -0.316 e. The molecule has 1 saturated heterocycles. The molecule has 2 aromatic heterocycles. The smallest absolute Gasteiger partial charge is 0.129 e. The second-order valence-electron chi connectivity index (χ2n) is 5.44. The van der Waals surface area contributed by atoms with Gasteiger partial charge < -0.3 is 5.32 Å². The van der Waals surface area contributed by atoms with Crippen LogP contribution in [0.2, 0.25) is 0 Å². The zero-order valence-electron chi connectivity index (χ0n) is 11.8. The normalized spacial score (nSPS) is 18.9. The Hall–Kier alpha value is -1.81. The molecule has 1 N–H and O–H groups in total. The molecule has 1 aliphatic heterocycles. The van der Waals surface area contributed by atoms with Crippen molar-refractivity contribution in [1.29, 1.82) is 0 Å². The fraction of sp³-hybridized carbons (Fsp3) is 0.438. The van der Waals surface area contributed by atoms with Crippen LogP contribution in [0, 0.1) is 12.8 Å². The number of aryl methyl sites for hydroxylation is 1. The molecule has 4 nitrogen and oxygen atoms in total. The summed E-state index contributed by atoms with van der Waals surface area (Å²) in [6, 6.07) is 7.91. The maximum Gasteiger partial charge on any atom is 0.129 e. The molecule has 1 fully saturated rings. The van der Waals surface area contributed by atoms with Crippen LogP contribution in [0.15, 0.2) is 30.5 Å². The van der Waals surface area contributed by atoms with Crippen molar-refractivity contribution in [3.8, 4) is 11.4 Å². The summed E-state index contributed by atoms with van der Waals surface area (Å²) in [6.45, 7) is 4.25. The molecule has 1 atom stereocenters. The zero-order chi connectivity index (χ0) is 13.8. The maximum absolute atomic E-state index is 4.70. The fourth-order valence-electron chi connectivity index (χ4n) is 2.72. The predicted molar refractivity (Wildman–Crippen MR) is 79.3 cm³/mol. The van der Waals surface area contributed by atoms with Gasteiger partial charge in [0.15, 0.2) is 0 Å². The summed E-state index contributed by atoms with van der Waals surface area (Å²) in [5, 5.41) is 3.45. The van der Waals surface area contributed by atoms with Crippen LogP contribution in [0.5, 0.6) is 0 Å². The van der Waals surface area contributed by atoms with Crippen LogP contribution in [0.1, 0.15) is 24.4 Å². The third-order valence-electron chi connectivity index (χ3n) is 3.70. The molecule has 0 saturated carbocycles. The lowest BCUT2D eigenvalue weighted by molar-refractivity contribution is 0.370. The van der Waals surface area contributed by atoms with Gasteiger partial charge in [-0.15, -0.1) is 0 Å². The lowest BCUT2D eigenvalue weighted by Gasteiger charge is -2.22. The number of piperidine rings is 1. The van der Waals surface area contributed by atoms with E-state index >= 15 is 0 Å². The SMILES string of the molecule is Cc1cc(-c2ccccn2)nc(CC2CCCNC2)n1. The van der Waals surface area contributed by atoms with Crippen molar-refractivity contribution >= 4 is 0 Å². The van der Waals surface area contributed by atoms with Gasteiger partial charge >= 0.3 is 0 Å². The average Bonchev–Trinajstić information content (AvgIpc) is 2.49. The molecule has 1 unspecified atom stereocenters. The highest BCUT2D eigenvalue weighted by atomic mass is 14.9. The number of nitrogens with one attached hydrogen (secondary N) is 1. The molecule has 0 aromatic carbocycles. The summed E-state index contributed by atoms with van der Waals surface area (Å²) in [5.41, 5.74) is 2.86. The third kappa shape index (κ3) is 3.20. The molecule has 0 amide bonds. The van der Waals surface area contributed by atoms with E-state index in [0.717, 1.165) is 42.4 Å². The Bertz CT molecular complexity index is 562. The van der Waals surface area contributed by atoms with Gasteiger partial charge in [-0.1, -0.05) is 6.07 Å². The van der Waals surface area contributed by atoms with Crippen LogP contribution in [0.4, 0.5) is 0 Å². The quantitative estimate of drug-likeness (QED) is 0.928. The van der Waals surface area contributed by atoms with Gasteiger partial charge in [0, 0.05) is 18.3 Å². The molecule has 3 rings (SSSR count). The summed E-state index contributed by atoms with van der Waals surface area (Å²) in [7, 11) is 0. The van der Waals surface area contributed by atoms with E-state index in [1.54, 1.807) is 6.20 Å². The van der Waals surface area contributed by atoms with Crippen molar-refractivity contribution in [2.24, 2.45) is 5.92 Å². The highest BCUT2D eigenvalue weighted by Gasteiger charge is 2.16. The Balaban J connectivity index is 1.83. The molecule has 4 heteroatoms. The predicted octanol–water partition coefficient (Wildman–Crippen LogP) is 2.39. The van der Waals surface area contributed by atoms with E-state index in [2.05, 4.69) is 15.3 Å². The van der Waals surface area contributed by atoms with E-state index in [1.807, 2.05) is 31.2 Å². The van der Waals surface area contributed by atoms with Crippen LogP contribution in [-0.4, -0.2) is 28.0 Å². The fourth-order valence-corrected chi connectivity index (χ4v) is 2.72. The van der Waals surface area contributed by atoms with E-state index in [0.29, 0.717) is 5.92 Å². The second-order valence-corrected chi connectivity index (χ2v) is 5.44. The van der Waals surface area contributed by atoms with E-state index < -0.39 is 0 Å². The molecule has 104 valence electrons. The van der Waals surface area contributed by atoms with Crippen LogP contribution in [-0.2, 0) is 6.42 Å². The van der Waals surface area contributed by atoms with Crippen molar-refractivity contribution < 1.29 is 0 Å². The molecule has 0 bridgehead atoms. The molecule has 0 radical (unpaired) electrons. The van der Waals surface area contributed by atoms with Crippen LogP contribution in [0.3, 0.4) is 0 Å². The van der Waals surface area contributed by atoms with Gasteiger partial charge in [-0.25, -0.2) is 9.97 Å². The van der Waals surface area contributed by atoms with Crippen LogP contribution >= 0.6 is 0 Å². The van der Waals surface area contributed by atoms with E-state index in [9.17, 15) is 0 Å². The highest BCUT2D eigenvalue weighted by molar-refractivity contribution is 5.53. The molecular weight excluding hydrogens is 248 g/mol. The Morgan fingerprint density at radius 3 is 2.95 bits per heavy atom. The summed E-state index contributed by atoms with van der Waals surface area (Å²) < 4.78 is 0. The first-order chi connectivity index (χ1) is 9.81. The van der Waals surface area contributed by atoms with E-state index in [4.69, 9.17) is 4.98 Å². The molecule has 0 aliphatic carbocycles. The van der Waals surface area contributed by atoms with Crippen molar-refractivity contribution in [2.45, 2.75) is 26.2 Å². The maximum atomic E-state index is 4.70. The monoisotopic (exact) mass is 268 g/mol. The minimum atomic E-state index is 0.655. The van der Waals surface area contributed by atoms with Gasteiger partial charge in [0.05, 0.1) is 11.4 Å². The van der Waals surface area contributed by atoms with E-state index in [1.165, 1.54) is 12.8 Å². The first-order valence-corrected chi connectivity index (χ1v) is 7.28. The van der Waals surface area contributed by atoms with Gasteiger partial charge in [-0.05, 0) is 57.0 Å². The largest absolute Gasteiger partial charge is 0.316 e. The third-order valence-corrected chi connectivity index (χ3v) is 3.70. The molecule has 1 aliphatic rings. The Kier molecular flexibility index (Phi) is 4.02. The minimum absolute atomic E-state index is 0.655. The second kappa shape index (κ2) is 6.09. The van der Waals surface area contributed by atoms with Gasteiger partial charge in [0.1, 0.15) is 5.82 Å². The standard InChI is InChI=1S/C16H20N4/c1-12-9-15(14-6-2-3-8-18-14)20-16(19-12)10-13-5-4-7-17-11-13/h2-3,6,8-9,13,17H,4-5,7,10-11H2,1H3. The van der Waals surface area contributed by atoms with Crippen LogP contribution < -0.4 is 5.32 Å². The number of aromatic nitrogens is 3. The summed E-state index contributed by atoms with van der Waals surface area (Å²) in [6.07, 6.45) is 5.28. The number of rotatable bonds is 3. The topological polar surface area (TPSA) is 50.7 Å². The van der Waals surface area contributed by atoms with Crippen LogP contribution in [0.25, 0.3) is 11.4 Å².